The first-order chi connectivity index (χ1) is 9.01. The van der Waals surface area contributed by atoms with E-state index in [0.29, 0.717) is 6.04 Å². The van der Waals surface area contributed by atoms with E-state index in [9.17, 15) is 4.79 Å². The summed E-state index contributed by atoms with van der Waals surface area (Å²) in [6.07, 6.45) is 1.54. The quantitative estimate of drug-likeness (QED) is 0.860. The van der Waals surface area contributed by atoms with E-state index in [-0.39, 0.29) is 5.56 Å². The average molecular weight is 264 g/mol. The zero-order chi connectivity index (χ0) is 14.0. The Hall–Kier alpha value is -1.20. The van der Waals surface area contributed by atoms with Gasteiger partial charge in [-0.15, -0.1) is 0 Å². The van der Waals surface area contributed by atoms with Gasteiger partial charge < -0.3 is 14.8 Å². The van der Waals surface area contributed by atoms with E-state index in [1.165, 1.54) is 0 Å². The van der Waals surface area contributed by atoms with Crippen molar-refractivity contribution in [1.82, 2.24) is 19.8 Å². The zero-order valence-corrected chi connectivity index (χ0v) is 12.4. The molecule has 0 amide bonds. The second-order valence-electron chi connectivity index (χ2n) is 5.53. The van der Waals surface area contributed by atoms with Crippen molar-refractivity contribution < 1.29 is 0 Å². The predicted octanol–water partition coefficient (Wildman–Crippen LogP) is 0.429. The van der Waals surface area contributed by atoms with Crippen LogP contribution in [0, 0.1) is 6.92 Å². The number of rotatable bonds is 3. The lowest BCUT2D eigenvalue weighted by molar-refractivity contribution is 0.113. The Balaban J connectivity index is 2.17. The Morgan fingerprint density at radius 1 is 1.37 bits per heavy atom. The summed E-state index contributed by atoms with van der Waals surface area (Å²) in [5.41, 5.74) is 1.70. The fourth-order valence-electron chi connectivity index (χ4n) is 2.73. The molecular formula is C14H24N4O. The summed E-state index contributed by atoms with van der Waals surface area (Å²) in [7, 11) is 4.28. The van der Waals surface area contributed by atoms with E-state index in [2.05, 4.69) is 33.9 Å². The molecule has 1 aromatic rings. The predicted molar refractivity (Wildman–Crippen MR) is 76.6 cm³/mol. The van der Waals surface area contributed by atoms with Crippen LogP contribution in [-0.4, -0.2) is 59.5 Å². The van der Waals surface area contributed by atoms with Crippen LogP contribution < -0.4 is 5.56 Å². The van der Waals surface area contributed by atoms with Crippen molar-refractivity contribution in [3.63, 3.8) is 0 Å². The van der Waals surface area contributed by atoms with Crippen molar-refractivity contribution in [3.8, 4) is 0 Å². The van der Waals surface area contributed by atoms with Crippen LogP contribution in [0.15, 0.2) is 4.79 Å². The largest absolute Gasteiger partial charge is 0.310 e. The highest BCUT2D eigenvalue weighted by Gasteiger charge is 2.23. The minimum atomic E-state index is 0.0248. The molecule has 1 atom stereocenters. The van der Waals surface area contributed by atoms with E-state index < -0.39 is 0 Å². The van der Waals surface area contributed by atoms with Gasteiger partial charge in [-0.1, -0.05) is 6.92 Å². The van der Waals surface area contributed by atoms with Crippen LogP contribution >= 0.6 is 0 Å². The number of aromatic amines is 1. The number of aryl methyl sites for hydroxylation is 1. The summed E-state index contributed by atoms with van der Waals surface area (Å²) in [6.45, 7) is 7.11. The molecule has 1 aliphatic rings. The number of hydrogen-bond donors (Lipinski definition) is 1. The molecule has 0 saturated carbocycles. The van der Waals surface area contributed by atoms with Gasteiger partial charge in [0.05, 0.1) is 0 Å². The molecule has 1 aliphatic heterocycles. The maximum Gasteiger partial charge on any atom is 0.254 e. The van der Waals surface area contributed by atoms with Crippen LogP contribution in [0.25, 0.3) is 0 Å². The van der Waals surface area contributed by atoms with Gasteiger partial charge in [0.25, 0.3) is 5.56 Å². The Kier molecular flexibility index (Phi) is 4.37. The molecule has 1 unspecified atom stereocenters. The highest BCUT2D eigenvalue weighted by molar-refractivity contribution is 5.16. The number of nitrogens with one attached hydrogen (secondary N) is 1. The first kappa shape index (κ1) is 14.2. The number of aromatic nitrogens is 2. The van der Waals surface area contributed by atoms with Crippen molar-refractivity contribution >= 4 is 0 Å². The van der Waals surface area contributed by atoms with Gasteiger partial charge in [0.2, 0.25) is 0 Å². The third-order valence-electron chi connectivity index (χ3n) is 4.03. The molecular weight excluding hydrogens is 240 g/mol. The monoisotopic (exact) mass is 264 g/mol. The van der Waals surface area contributed by atoms with E-state index in [1.807, 2.05) is 13.8 Å². The number of nitrogens with zero attached hydrogens (tertiary/aromatic N) is 3. The molecule has 1 saturated heterocycles. The van der Waals surface area contributed by atoms with E-state index in [4.69, 9.17) is 0 Å². The van der Waals surface area contributed by atoms with Crippen molar-refractivity contribution in [2.45, 2.75) is 32.7 Å². The Morgan fingerprint density at radius 2 is 2.11 bits per heavy atom. The van der Waals surface area contributed by atoms with Crippen LogP contribution in [0.5, 0.6) is 0 Å². The summed E-state index contributed by atoms with van der Waals surface area (Å²) in [5, 5.41) is 0. The van der Waals surface area contributed by atoms with Crippen LogP contribution in [0.2, 0.25) is 0 Å². The van der Waals surface area contributed by atoms with Gasteiger partial charge in [0.15, 0.2) is 0 Å². The van der Waals surface area contributed by atoms with Crippen LogP contribution in [0.4, 0.5) is 0 Å². The molecule has 19 heavy (non-hydrogen) atoms. The fourth-order valence-corrected chi connectivity index (χ4v) is 2.73. The molecule has 1 N–H and O–H groups in total. The standard InChI is InChI=1S/C14H24N4O/c1-5-12-10(2)15-13(16-14(12)19)8-11-9-17(3)6-7-18(11)4/h11H,5-9H2,1-4H3,(H,15,16,19). The second kappa shape index (κ2) is 5.84. The van der Waals surface area contributed by atoms with Crippen molar-refractivity contribution in [2.75, 3.05) is 33.7 Å². The smallest absolute Gasteiger partial charge is 0.254 e. The molecule has 2 rings (SSSR count). The molecule has 5 heteroatoms. The number of piperazine rings is 1. The van der Waals surface area contributed by atoms with Gasteiger partial charge >= 0.3 is 0 Å². The maximum absolute atomic E-state index is 12.0. The third kappa shape index (κ3) is 3.22. The lowest BCUT2D eigenvalue weighted by atomic mass is 10.1. The summed E-state index contributed by atoms with van der Waals surface area (Å²) in [5.74, 6) is 0.812. The van der Waals surface area contributed by atoms with Crippen LogP contribution in [0.1, 0.15) is 24.0 Å². The summed E-state index contributed by atoms with van der Waals surface area (Å²) >= 11 is 0. The van der Waals surface area contributed by atoms with Crippen molar-refractivity contribution in [2.24, 2.45) is 0 Å². The Labute approximate surface area is 114 Å². The van der Waals surface area contributed by atoms with Gasteiger partial charge in [-0.25, -0.2) is 4.98 Å². The minimum absolute atomic E-state index is 0.0248. The molecule has 5 nitrogen and oxygen atoms in total. The Bertz CT molecular complexity index is 497. The lowest BCUT2D eigenvalue weighted by Crippen LogP contribution is -2.51. The molecule has 1 aromatic heterocycles. The SMILES string of the molecule is CCc1c(C)nc(CC2CN(C)CCN2C)[nH]c1=O. The summed E-state index contributed by atoms with van der Waals surface area (Å²) < 4.78 is 0. The van der Waals surface area contributed by atoms with Gasteiger partial charge in [-0.05, 0) is 27.4 Å². The first-order valence-corrected chi connectivity index (χ1v) is 6.98. The average Bonchev–Trinajstić information content (AvgIpc) is 2.33. The van der Waals surface area contributed by atoms with E-state index in [0.717, 1.165) is 49.6 Å². The summed E-state index contributed by atoms with van der Waals surface area (Å²) in [6, 6.07) is 0.425. The van der Waals surface area contributed by atoms with E-state index in [1.54, 1.807) is 0 Å². The summed E-state index contributed by atoms with van der Waals surface area (Å²) in [4.78, 5) is 24.1. The van der Waals surface area contributed by atoms with Gasteiger partial charge in [-0.2, -0.15) is 0 Å². The molecule has 2 heterocycles. The molecule has 0 bridgehead atoms. The van der Waals surface area contributed by atoms with Gasteiger partial charge in [0, 0.05) is 43.4 Å². The molecule has 1 fully saturated rings. The second-order valence-corrected chi connectivity index (χ2v) is 5.53. The first-order valence-electron chi connectivity index (χ1n) is 6.98. The lowest BCUT2D eigenvalue weighted by Gasteiger charge is -2.37. The van der Waals surface area contributed by atoms with Crippen LogP contribution in [0.3, 0.4) is 0 Å². The Morgan fingerprint density at radius 3 is 2.74 bits per heavy atom. The number of H-pyrrole nitrogens is 1. The highest BCUT2D eigenvalue weighted by Crippen LogP contribution is 2.10. The zero-order valence-electron chi connectivity index (χ0n) is 12.4. The highest BCUT2D eigenvalue weighted by atomic mass is 16.1. The molecule has 0 radical (unpaired) electrons. The van der Waals surface area contributed by atoms with Crippen molar-refractivity contribution in [3.05, 3.63) is 27.4 Å². The topological polar surface area (TPSA) is 52.2 Å². The van der Waals surface area contributed by atoms with Gasteiger partial charge in [-0.3, -0.25) is 4.79 Å². The third-order valence-corrected chi connectivity index (χ3v) is 4.03. The van der Waals surface area contributed by atoms with E-state index >= 15 is 0 Å². The maximum atomic E-state index is 12.0. The van der Waals surface area contributed by atoms with Crippen LogP contribution in [-0.2, 0) is 12.8 Å². The fraction of sp³-hybridized carbons (Fsp3) is 0.714. The minimum Gasteiger partial charge on any atom is -0.310 e. The van der Waals surface area contributed by atoms with Gasteiger partial charge in [0.1, 0.15) is 5.82 Å². The molecule has 106 valence electrons. The normalized spacial score (nSPS) is 21.8. The number of hydrogen-bond acceptors (Lipinski definition) is 4. The molecule has 0 spiro atoms. The molecule has 0 aliphatic carbocycles. The molecule has 0 aromatic carbocycles. The van der Waals surface area contributed by atoms with Crippen molar-refractivity contribution in [1.29, 1.82) is 0 Å². The number of likely N-dealkylation sites (N-methyl/N-ethyl adjacent to an activating group) is 2.